The fraction of sp³-hybridized carbons (Fsp3) is 0.409. The maximum absolute atomic E-state index is 12.8. The lowest BCUT2D eigenvalue weighted by molar-refractivity contribution is -0.131. The van der Waals surface area contributed by atoms with Crippen LogP contribution in [0.2, 0.25) is 0 Å². The van der Waals surface area contributed by atoms with Gasteiger partial charge >= 0.3 is 0 Å². The summed E-state index contributed by atoms with van der Waals surface area (Å²) in [5, 5.41) is 2.62. The molecule has 0 unspecified atom stereocenters. The highest BCUT2D eigenvalue weighted by Gasteiger charge is 2.35. The molecule has 2 amide bonds. The molecule has 2 bridgehead atoms. The van der Waals surface area contributed by atoms with E-state index >= 15 is 0 Å². The van der Waals surface area contributed by atoms with E-state index in [9.17, 15) is 14.4 Å². The molecule has 146 valence electrons. The summed E-state index contributed by atoms with van der Waals surface area (Å²) < 4.78 is 1.89. The maximum atomic E-state index is 12.8. The highest BCUT2D eigenvalue weighted by Crippen LogP contribution is 2.36. The van der Waals surface area contributed by atoms with Crippen molar-refractivity contribution in [3.8, 4) is 11.1 Å². The minimum atomic E-state index is -0.0262. The monoisotopic (exact) mass is 379 g/mol. The first kappa shape index (κ1) is 18.5. The van der Waals surface area contributed by atoms with Gasteiger partial charge in [0.25, 0.3) is 5.56 Å². The van der Waals surface area contributed by atoms with Crippen molar-refractivity contribution in [1.29, 1.82) is 0 Å². The molecule has 2 aliphatic heterocycles. The molecule has 1 aromatic heterocycles. The minimum Gasteiger partial charge on any atom is -0.359 e. The molecule has 1 aromatic carbocycles. The summed E-state index contributed by atoms with van der Waals surface area (Å²) in [5.74, 6) is 0.634. The van der Waals surface area contributed by atoms with Crippen LogP contribution in [0.3, 0.4) is 0 Å². The van der Waals surface area contributed by atoms with Crippen molar-refractivity contribution in [3.05, 3.63) is 58.0 Å². The van der Waals surface area contributed by atoms with Crippen LogP contribution in [0.1, 0.15) is 30.5 Å². The second kappa shape index (κ2) is 7.26. The van der Waals surface area contributed by atoms with Crippen molar-refractivity contribution < 1.29 is 9.59 Å². The molecule has 0 spiro atoms. The topological polar surface area (TPSA) is 71.4 Å². The van der Waals surface area contributed by atoms with Crippen molar-refractivity contribution in [3.63, 3.8) is 0 Å². The average Bonchev–Trinajstić information content (AvgIpc) is 2.69. The van der Waals surface area contributed by atoms with Crippen LogP contribution in [0, 0.1) is 5.92 Å². The number of amides is 2. The van der Waals surface area contributed by atoms with Crippen molar-refractivity contribution in [2.45, 2.75) is 32.2 Å². The van der Waals surface area contributed by atoms with Gasteiger partial charge in [-0.3, -0.25) is 14.4 Å². The molecule has 6 nitrogen and oxygen atoms in total. The maximum Gasteiger partial charge on any atom is 0.251 e. The molecule has 0 saturated carbocycles. The second-order valence-electron chi connectivity index (χ2n) is 7.89. The molecule has 28 heavy (non-hydrogen) atoms. The quantitative estimate of drug-likeness (QED) is 0.884. The number of aromatic nitrogens is 1. The zero-order valence-electron chi connectivity index (χ0n) is 16.3. The Morgan fingerprint density at radius 3 is 2.50 bits per heavy atom. The van der Waals surface area contributed by atoms with E-state index in [1.165, 1.54) is 0 Å². The van der Waals surface area contributed by atoms with E-state index in [1.54, 1.807) is 20.0 Å². The molecular formula is C22H25N3O3. The molecular weight excluding hydrogens is 354 g/mol. The summed E-state index contributed by atoms with van der Waals surface area (Å²) in [7, 11) is 1.63. The molecule has 6 heteroatoms. The zero-order valence-corrected chi connectivity index (χ0v) is 16.3. The molecule has 3 heterocycles. The van der Waals surface area contributed by atoms with Crippen molar-refractivity contribution in [1.82, 2.24) is 14.8 Å². The first-order chi connectivity index (χ1) is 13.4. The summed E-state index contributed by atoms with van der Waals surface area (Å²) >= 11 is 0. The lowest BCUT2D eigenvalue weighted by Gasteiger charge is -2.42. The molecule has 2 aliphatic rings. The van der Waals surface area contributed by atoms with Gasteiger partial charge in [-0.25, -0.2) is 0 Å². The van der Waals surface area contributed by atoms with E-state index in [-0.39, 0.29) is 23.3 Å². The third-order valence-electron chi connectivity index (χ3n) is 5.93. The fourth-order valence-corrected chi connectivity index (χ4v) is 4.47. The molecule has 2 aromatic rings. The van der Waals surface area contributed by atoms with Crippen LogP contribution in [0.15, 0.2) is 41.2 Å². The van der Waals surface area contributed by atoms with Crippen LogP contribution in [-0.2, 0) is 22.6 Å². The number of likely N-dealkylation sites (tertiary alicyclic amines) is 1. The summed E-state index contributed by atoms with van der Waals surface area (Å²) in [6.07, 6.45) is 1.37. The highest BCUT2D eigenvalue weighted by atomic mass is 16.2. The summed E-state index contributed by atoms with van der Waals surface area (Å²) in [4.78, 5) is 38.1. The zero-order chi connectivity index (χ0) is 19.8. The highest BCUT2D eigenvalue weighted by molar-refractivity contribution is 5.78. The van der Waals surface area contributed by atoms with Gasteiger partial charge in [-0.2, -0.15) is 0 Å². The number of pyridine rings is 1. The molecule has 4 rings (SSSR count). The van der Waals surface area contributed by atoms with Gasteiger partial charge in [0.05, 0.1) is 6.42 Å². The van der Waals surface area contributed by atoms with E-state index in [1.807, 2.05) is 33.7 Å². The Labute approximate surface area is 164 Å². The largest absolute Gasteiger partial charge is 0.359 e. The smallest absolute Gasteiger partial charge is 0.251 e. The summed E-state index contributed by atoms with van der Waals surface area (Å²) in [6.45, 7) is 3.72. The van der Waals surface area contributed by atoms with Crippen molar-refractivity contribution >= 4 is 11.8 Å². The fourth-order valence-electron chi connectivity index (χ4n) is 4.47. The first-order valence-corrected chi connectivity index (χ1v) is 9.74. The second-order valence-corrected chi connectivity index (χ2v) is 7.89. The number of nitrogens with one attached hydrogen (secondary N) is 1. The van der Waals surface area contributed by atoms with Crippen LogP contribution >= 0.6 is 0 Å². The van der Waals surface area contributed by atoms with E-state index in [0.29, 0.717) is 25.4 Å². The number of benzene rings is 1. The number of carbonyl (C=O) groups excluding carboxylic acids is 2. The Balaban J connectivity index is 1.65. The van der Waals surface area contributed by atoms with E-state index in [0.717, 1.165) is 35.3 Å². The number of fused-ring (bicyclic) bond motifs is 4. The number of hydrogen-bond acceptors (Lipinski definition) is 3. The Kier molecular flexibility index (Phi) is 4.79. The number of piperidine rings is 1. The molecule has 1 N–H and O–H groups in total. The van der Waals surface area contributed by atoms with E-state index < -0.39 is 0 Å². The number of likely N-dealkylation sites (N-methyl/N-ethyl adjacent to an activating group) is 1. The lowest BCUT2D eigenvalue weighted by Crippen LogP contribution is -2.48. The Hall–Kier alpha value is -2.89. The third-order valence-corrected chi connectivity index (χ3v) is 5.93. The lowest BCUT2D eigenvalue weighted by atomic mass is 9.82. The predicted octanol–water partition coefficient (Wildman–Crippen LogP) is 1.77. The van der Waals surface area contributed by atoms with Gasteiger partial charge < -0.3 is 14.8 Å². The van der Waals surface area contributed by atoms with Gasteiger partial charge in [0.15, 0.2) is 0 Å². The van der Waals surface area contributed by atoms with Crippen molar-refractivity contribution in [2.24, 2.45) is 5.92 Å². The Morgan fingerprint density at radius 2 is 1.82 bits per heavy atom. The van der Waals surface area contributed by atoms with Gasteiger partial charge in [0.2, 0.25) is 11.8 Å². The molecule has 1 saturated heterocycles. The van der Waals surface area contributed by atoms with Gasteiger partial charge in [-0.05, 0) is 35.1 Å². The van der Waals surface area contributed by atoms with Crippen LogP contribution in [0.5, 0.6) is 0 Å². The number of rotatable bonds is 3. The summed E-state index contributed by atoms with van der Waals surface area (Å²) in [5.41, 5.74) is 3.83. The average molecular weight is 379 g/mol. The third kappa shape index (κ3) is 3.46. The number of carbonyl (C=O) groups is 2. The normalized spacial score (nSPS) is 20.4. The Bertz CT molecular complexity index is 978. The predicted molar refractivity (Wildman–Crippen MR) is 107 cm³/mol. The first-order valence-electron chi connectivity index (χ1n) is 9.74. The SMILES string of the molecule is CNC(=O)Cc1ccc(-c2cc3n(c(=O)c2)C[C@H]2C[C@@H]3CN(C(C)=O)C2)cc1. The van der Waals surface area contributed by atoms with Gasteiger partial charge in [0.1, 0.15) is 0 Å². The van der Waals surface area contributed by atoms with Crippen LogP contribution in [0.4, 0.5) is 0 Å². The molecule has 0 aliphatic carbocycles. The van der Waals surface area contributed by atoms with Crippen molar-refractivity contribution in [2.75, 3.05) is 20.1 Å². The molecule has 2 atom stereocenters. The molecule has 0 radical (unpaired) electrons. The van der Waals surface area contributed by atoms with Gasteiger partial charge in [0, 0.05) is 51.3 Å². The van der Waals surface area contributed by atoms with Crippen LogP contribution in [-0.4, -0.2) is 41.4 Å². The van der Waals surface area contributed by atoms with Crippen LogP contribution < -0.4 is 10.9 Å². The number of nitrogens with zero attached hydrogens (tertiary/aromatic N) is 2. The minimum absolute atomic E-state index is 0.0212. The standard InChI is InChI=1S/C22H25N3O3/c1-14(26)24-11-16-7-19(13-24)20-9-18(10-22(28)25(20)12-16)17-5-3-15(4-6-17)8-21(27)23-2/h3-6,9-10,16,19H,7-8,11-13H2,1-2H3,(H,23,27)/t16-,19+/m0/s1. The molecule has 1 fully saturated rings. The van der Waals surface area contributed by atoms with E-state index in [4.69, 9.17) is 0 Å². The van der Waals surface area contributed by atoms with E-state index in [2.05, 4.69) is 11.4 Å². The number of hydrogen-bond donors (Lipinski definition) is 1. The summed E-state index contributed by atoms with van der Waals surface area (Å²) in [6, 6.07) is 11.6. The van der Waals surface area contributed by atoms with Crippen LogP contribution in [0.25, 0.3) is 11.1 Å². The van der Waals surface area contributed by atoms with Gasteiger partial charge in [-0.15, -0.1) is 0 Å². The Morgan fingerprint density at radius 1 is 1.07 bits per heavy atom. The van der Waals surface area contributed by atoms with Gasteiger partial charge in [-0.1, -0.05) is 24.3 Å².